The van der Waals surface area contributed by atoms with E-state index in [1.54, 1.807) is 25.1 Å². The minimum Gasteiger partial charge on any atom is -0.487 e. The molecule has 0 bridgehead atoms. The first-order chi connectivity index (χ1) is 14.3. The van der Waals surface area contributed by atoms with Gasteiger partial charge in [-0.2, -0.15) is 0 Å². The molecular weight excluding hydrogens is 434 g/mol. The zero-order valence-corrected chi connectivity index (χ0v) is 17.8. The lowest BCUT2D eigenvalue weighted by molar-refractivity contribution is -0.139. The third kappa shape index (κ3) is 4.52. The van der Waals surface area contributed by atoms with Crippen molar-refractivity contribution in [1.82, 2.24) is 10.2 Å². The average molecular weight is 453 g/mol. The number of halogens is 3. The normalized spacial score (nSPS) is 16.4. The van der Waals surface area contributed by atoms with Gasteiger partial charge in [-0.25, -0.2) is 14.0 Å². The first-order valence-corrected chi connectivity index (χ1v) is 9.85. The van der Waals surface area contributed by atoms with Crippen LogP contribution < -0.4 is 10.1 Å². The highest BCUT2D eigenvalue weighted by Gasteiger charge is 2.38. The van der Waals surface area contributed by atoms with Gasteiger partial charge in [-0.3, -0.25) is 4.90 Å². The summed E-state index contributed by atoms with van der Waals surface area (Å²) in [5.41, 5.74) is 0.917. The van der Waals surface area contributed by atoms with Crippen LogP contribution in [0.3, 0.4) is 0 Å². The highest BCUT2D eigenvalue weighted by Crippen LogP contribution is 2.37. The Labute approximate surface area is 183 Å². The number of urea groups is 1. The van der Waals surface area contributed by atoms with Crippen molar-refractivity contribution in [3.05, 3.63) is 75.2 Å². The second kappa shape index (κ2) is 9.36. The van der Waals surface area contributed by atoms with Crippen molar-refractivity contribution in [1.29, 1.82) is 0 Å². The molecule has 0 saturated carbocycles. The quantitative estimate of drug-likeness (QED) is 0.643. The molecule has 1 aliphatic rings. The number of nitrogens with one attached hydrogen (secondary N) is 1. The fourth-order valence-electron chi connectivity index (χ4n) is 3.04. The van der Waals surface area contributed by atoms with Crippen LogP contribution in [0.2, 0.25) is 10.0 Å². The average Bonchev–Trinajstić information content (AvgIpc) is 2.72. The number of carbonyl (C=O) groups excluding carboxylic acids is 2. The van der Waals surface area contributed by atoms with Gasteiger partial charge in [-0.1, -0.05) is 35.3 Å². The van der Waals surface area contributed by atoms with Crippen molar-refractivity contribution >= 4 is 35.2 Å². The lowest BCUT2D eigenvalue weighted by atomic mass is 9.94. The van der Waals surface area contributed by atoms with Crippen molar-refractivity contribution in [2.24, 2.45) is 0 Å². The van der Waals surface area contributed by atoms with E-state index in [1.165, 1.54) is 36.2 Å². The van der Waals surface area contributed by atoms with Gasteiger partial charge in [-0.05, 0) is 42.8 Å². The summed E-state index contributed by atoms with van der Waals surface area (Å²) in [6.07, 6.45) is 0. The summed E-state index contributed by atoms with van der Waals surface area (Å²) in [5, 5.41) is 3.26. The fraction of sp³-hybridized carbons (Fsp3) is 0.238. The second-order valence-corrected chi connectivity index (χ2v) is 7.19. The third-order valence-electron chi connectivity index (χ3n) is 4.55. The van der Waals surface area contributed by atoms with Gasteiger partial charge in [0.2, 0.25) is 0 Å². The van der Waals surface area contributed by atoms with Gasteiger partial charge in [0.25, 0.3) is 0 Å². The Bertz CT molecular complexity index is 995. The maximum atomic E-state index is 13.1. The lowest BCUT2D eigenvalue weighted by Crippen LogP contribution is -2.48. The summed E-state index contributed by atoms with van der Waals surface area (Å²) < 4.78 is 24.1. The predicted octanol–water partition coefficient (Wildman–Crippen LogP) is 4.72. The maximum Gasteiger partial charge on any atom is 0.338 e. The smallest absolute Gasteiger partial charge is 0.338 e. The molecule has 0 aliphatic carbocycles. The van der Waals surface area contributed by atoms with Gasteiger partial charge in [0.15, 0.2) is 0 Å². The van der Waals surface area contributed by atoms with E-state index in [4.69, 9.17) is 32.7 Å². The number of carbonyl (C=O) groups is 2. The first kappa shape index (κ1) is 21.9. The van der Waals surface area contributed by atoms with Crippen LogP contribution in [0.1, 0.15) is 18.5 Å². The Kier molecular flexibility index (Phi) is 6.84. The van der Waals surface area contributed by atoms with Crippen molar-refractivity contribution in [3.8, 4) is 5.75 Å². The fourth-order valence-corrected chi connectivity index (χ4v) is 3.46. The van der Waals surface area contributed by atoms with Crippen LogP contribution in [-0.4, -0.2) is 37.2 Å². The number of nitrogens with zero attached hydrogens (tertiary/aromatic N) is 1. The van der Waals surface area contributed by atoms with Gasteiger partial charge in [0, 0.05) is 7.05 Å². The summed E-state index contributed by atoms with van der Waals surface area (Å²) in [5.74, 6) is -0.648. The Morgan fingerprint density at radius 1 is 1.20 bits per heavy atom. The van der Waals surface area contributed by atoms with Crippen LogP contribution in [-0.2, 0) is 9.53 Å². The number of hydrogen-bond donors (Lipinski definition) is 1. The molecular formula is C21H19Cl2FN2O4. The Hall–Kier alpha value is -2.77. The van der Waals surface area contributed by atoms with Crippen molar-refractivity contribution in [2.75, 3.05) is 20.3 Å². The van der Waals surface area contributed by atoms with Gasteiger partial charge in [-0.15, -0.1) is 0 Å². The van der Waals surface area contributed by atoms with E-state index >= 15 is 0 Å². The molecule has 2 aromatic carbocycles. The topological polar surface area (TPSA) is 67.9 Å². The van der Waals surface area contributed by atoms with E-state index in [1.807, 2.05) is 0 Å². The van der Waals surface area contributed by atoms with Crippen LogP contribution >= 0.6 is 23.2 Å². The van der Waals surface area contributed by atoms with Gasteiger partial charge in [0.05, 0.1) is 34.0 Å². The standard InChI is InChI=1S/C21H19Cl2FN2O4/c1-3-29-20(27)17-16(11-30-13-9-7-12(24)8-10-13)26(2)21(28)25-19(17)14-5-4-6-15(22)18(14)23/h4-10,19H,3,11H2,1-2H3,(H,25,28)/t19-/m1/s1. The van der Waals surface area contributed by atoms with Crippen molar-refractivity contribution < 1.29 is 23.5 Å². The van der Waals surface area contributed by atoms with E-state index in [0.29, 0.717) is 17.0 Å². The molecule has 0 spiro atoms. The van der Waals surface area contributed by atoms with Crippen LogP contribution in [0, 0.1) is 5.82 Å². The van der Waals surface area contributed by atoms with E-state index < -0.39 is 23.9 Å². The maximum absolute atomic E-state index is 13.1. The van der Waals surface area contributed by atoms with E-state index in [2.05, 4.69) is 5.32 Å². The number of ether oxygens (including phenoxy) is 2. The molecule has 1 atom stereocenters. The molecule has 6 nitrogen and oxygen atoms in total. The third-order valence-corrected chi connectivity index (χ3v) is 5.39. The lowest BCUT2D eigenvalue weighted by Gasteiger charge is -2.34. The molecule has 2 amide bonds. The van der Waals surface area contributed by atoms with Crippen LogP contribution in [0.25, 0.3) is 0 Å². The molecule has 1 N–H and O–H groups in total. The zero-order chi connectivity index (χ0) is 21.8. The summed E-state index contributed by atoms with van der Waals surface area (Å²) >= 11 is 12.5. The first-order valence-electron chi connectivity index (χ1n) is 9.10. The minimum atomic E-state index is -0.884. The Morgan fingerprint density at radius 2 is 1.90 bits per heavy atom. The van der Waals surface area contributed by atoms with Crippen LogP contribution in [0.4, 0.5) is 9.18 Å². The molecule has 0 aromatic heterocycles. The summed E-state index contributed by atoms with van der Waals surface area (Å²) in [7, 11) is 1.51. The van der Waals surface area contributed by atoms with Crippen molar-refractivity contribution in [2.45, 2.75) is 13.0 Å². The molecule has 0 fully saturated rings. The Morgan fingerprint density at radius 3 is 2.57 bits per heavy atom. The molecule has 0 radical (unpaired) electrons. The van der Waals surface area contributed by atoms with E-state index in [0.717, 1.165) is 0 Å². The molecule has 30 heavy (non-hydrogen) atoms. The van der Waals surface area contributed by atoms with Crippen molar-refractivity contribution in [3.63, 3.8) is 0 Å². The van der Waals surface area contributed by atoms with Gasteiger partial charge in [0.1, 0.15) is 18.2 Å². The molecule has 9 heteroatoms. The number of likely N-dealkylation sites (N-methyl/N-ethyl adjacent to an activating group) is 1. The van der Waals surface area contributed by atoms with Crippen LogP contribution in [0.15, 0.2) is 53.7 Å². The number of amides is 2. The number of rotatable bonds is 6. The molecule has 3 rings (SSSR count). The predicted molar refractivity (Wildman–Crippen MR) is 111 cm³/mol. The highest BCUT2D eigenvalue weighted by atomic mass is 35.5. The SMILES string of the molecule is CCOC(=O)C1=C(COc2ccc(F)cc2)N(C)C(=O)N[C@@H]1c1cccc(Cl)c1Cl. The zero-order valence-electron chi connectivity index (χ0n) is 16.2. The monoisotopic (exact) mass is 452 g/mol. The summed E-state index contributed by atoms with van der Waals surface area (Å²) in [6.45, 7) is 1.69. The summed E-state index contributed by atoms with van der Waals surface area (Å²) in [6, 6.07) is 9.02. The van der Waals surface area contributed by atoms with Gasteiger partial charge >= 0.3 is 12.0 Å². The number of esters is 1. The summed E-state index contributed by atoms with van der Waals surface area (Å²) in [4.78, 5) is 26.7. The molecule has 1 heterocycles. The Balaban J connectivity index is 2.07. The molecule has 0 unspecified atom stereocenters. The molecule has 2 aromatic rings. The van der Waals surface area contributed by atoms with E-state index in [9.17, 15) is 14.0 Å². The highest BCUT2D eigenvalue weighted by molar-refractivity contribution is 6.42. The van der Waals surface area contributed by atoms with E-state index in [-0.39, 0.29) is 28.8 Å². The second-order valence-electron chi connectivity index (χ2n) is 6.41. The number of benzene rings is 2. The molecule has 158 valence electrons. The number of hydrogen-bond acceptors (Lipinski definition) is 4. The van der Waals surface area contributed by atoms with Gasteiger partial charge < -0.3 is 14.8 Å². The van der Waals surface area contributed by atoms with Crippen LogP contribution in [0.5, 0.6) is 5.75 Å². The molecule has 1 aliphatic heterocycles. The molecule has 0 saturated heterocycles. The largest absolute Gasteiger partial charge is 0.487 e. The minimum absolute atomic E-state index is 0.127.